The smallest absolute Gasteiger partial charge is 0.337 e. The number of thiophene rings is 1. The Balaban J connectivity index is 1.66. The Morgan fingerprint density at radius 2 is 1.78 bits per heavy atom. The van der Waals surface area contributed by atoms with E-state index >= 15 is 0 Å². The molecule has 168 valence electrons. The minimum atomic E-state index is -0.476. The number of amides is 1. The van der Waals surface area contributed by atoms with Gasteiger partial charge in [-0.05, 0) is 67.3 Å². The topological polar surface area (TPSA) is 64.3 Å². The largest absolute Gasteiger partial charge is 0.341 e. The van der Waals surface area contributed by atoms with E-state index in [1.54, 1.807) is 24.3 Å². The second kappa shape index (κ2) is 8.19. The van der Waals surface area contributed by atoms with Crippen LogP contribution in [0, 0.1) is 11.8 Å². The van der Waals surface area contributed by atoms with Gasteiger partial charge in [-0.15, -0.1) is 11.3 Å². The molecule has 1 aromatic carbocycles. The molecule has 6 nitrogen and oxygen atoms in total. The van der Waals surface area contributed by atoms with Crippen LogP contribution in [0.3, 0.4) is 0 Å². The van der Waals surface area contributed by atoms with Gasteiger partial charge < -0.3 is 4.90 Å². The number of fused-ring (bicyclic) bond motifs is 3. The Morgan fingerprint density at radius 3 is 2.47 bits per heavy atom. The van der Waals surface area contributed by atoms with Crippen LogP contribution in [0.4, 0.5) is 0 Å². The first-order valence-electron chi connectivity index (χ1n) is 11.2. The maximum atomic E-state index is 13.6. The van der Waals surface area contributed by atoms with Crippen LogP contribution in [0.1, 0.15) is 37.1 Å². The normalized spacial score (nSPS) is 20.7. The fraction of sp³-hybridized carbons (Fsp3) is 0.458. The average Bonchev–Trinajstić information content (AvgIpc) is 3.33. The molecular weight excluding hydrogens is 446 g/mol. The molecule has 0 saturated carbocycles. The molecule has 8 heteroatoms. The summed E-state index contributed by atoms with van der Waals surface area (Å²) in [6.45, 7) is 5.68. The number of piperidine rings is 1. The van der Waals surface area contributed by atoms with Crippen molar-refractivity contribution in [2.24, 2.45) is 11.8 Å². The Labute approximate surface area is 195 Å². The van der Waals surface area contributed by atoms with E-state index in [0.717, 1.165) is 36.1 Å². The van der Waals surface area contributed by atoms with Crippen molar-refractivity contribution in [3.8, 4) is 5.69 Å². The van der Waals surface area contributed by atoms with Crippen molar-refractivity contribution in [3.05, 3.63) is 60.6 Å². The number of halogens is 1. The molecule has 5 rings (SSSR count). The SMILES string of the molecule is C[C@@H]1C[C@@H](C)CN(C(=O)Cn2c(=O)n(-c3ccc(Cl)cc3)c(=O)c3c4c(sc32)CCC4)C1. The van der Waals surface area contributed by atoms with E-state index in [1.165, 1.54) is 20.5 Å². The van der Waals surface area contributed by atoms with Crippen LogP contribution in [0.2, 0.25) is 5.02 Å². The van der Waals surface area contributed by atoms with Crippen LogP contribution >= 0.6 is 22.9 Å². The number of carbonyl (C=O) groups is 1. The molecule has 0 unspecified atom stereocenters. The number of likely N-dealkylation sites (tertiary alicyclic amines) is 1. The molecule has 2 aliphatic rings. The summed E-state index contributed by atoms with van der Waals surface area (Å²) >= 11 is 7.52. The van der Waals surface area contributed by atoms with Gasteiger partial charge in [-0.3, -0.25) is 14.2 Å². The Bertz CT molecular complexity index is 1310. The predicted octanol–water partition coefficient (Wildman–Crippen LogP) is 3.86. The lowest BCUT2D eigenvalue weighted by atomic mass is 9.92. The number of carbonyl (C=O) groups excluding carboxylic acids is 1. The summed E-state index contributed by atoms with van der Waals surface area (Å²) in [5.41, 5.74) is 0.719. The molecule has 1 aliphatic carbocycles. The number of hydrogen-bond donors (Lipinski definition) is 0. The molecule has 1 aliphatic heterocycles. The van der Waals surface area contributed by atoms with Gasteiger partial charge in [0.25, 0.3) is 5.56 Å². The standard InChI is InChI=1S/C24H26ClN3O3S/c1-14-10-15(2)12-26(11-14)20(29)13-27-23-21(18-4-3-5-19(18)32-23)22(30)28(24(27)31)17-8-6-16(25)7-9-17/h6-9,14-15H,3-5,10-13H2,1-2H3/t14-,15-/m1/s1. The van der Waals surface area contributed by atoms with Gasteiger partial charge in [-0.2, -0.15) is 0 Å². The number of aromatic nitrogens is 2. The second-order valence-corrected chi connectivity index (χ2v) is 10.8. The summed E-state index contributed by atoms with van der Waals surface area (Å²) in [5.74, 6) is 0.808. The van der Waals surface area contributed by atoms with E-state index in [9.17, 15) is 14.4 Å². The third kappa shape index (κ3) is 3.61. The van der Waals surface area contributed by atoms with E-state index in [0.29, 0.717) is 45.9 Å². The van der Waals surface area contributed by atoms with E-state index in [2.05, 4.69) is 13.8 Å². The van der Waals surface area contributed by atoms with E-state index in [4.69, 9.17) is 11.6 Å². The fourth-order valence-corrected chi connectivity index (χ4v) is 6.76. The monoisotopic (exact) mass is 471 g/mol. The van der Waals surface area contributed by atoms with Crippen molar-refractivity contribution >= 4 is 39.1 Å². The molecule has 1 saturated heterocycles. The molecule has 3 heterocycles. The number of hydrogen-bond acceptors (Lipinski definition) is 4. The minimum Gasteiger partial charge on any atom is -0.341 e. The Kier molecular flexibility index (Phi) is 5.50. The molecule has 2 aromatic heterocycles. The number of nitrogens with zero attached hydrogens (tertiary/aromatic N) is 3. The predicted molar refractivity (Wildman–Crippen MR) is 128 cm³/mol. The molecule has 2 atom stereocenters. The Hall–Kier alpha value is -2.38. The maximum Gasteiger partial charge on any atom is 0.337 e. The van der Waals surface area contributed by atoms with E-state index < -0.39 is 5.69 Å². The first-order chi connectivity index (χ1) is 15.3. The van der Waals surface area contributed by atoms with Crippen LogP contribution in [0.15, 0.2) is 33.9 Å². The summed E-state index contributed by atoms with van der Waals surface area (Å²) in [5, 5.41) is 1.12. The Morgan fingerprint density at radius 1 is 1.09 bits per heavy atom. The zero-order valence-corrected chi connectivity index (χ0v) is 19.8. The summed E-state index contributed by atoms with van der Waals surface area (Å²) in [6.07, 6.45) is 3.86. The first-order valence-corrected chi connectivity index (χ1v) is 12.4. The molecule has 1 fully saturated rings. The van der Waals surface area contributed by atoms with Gasteiger partial charge in [0.05, 0.1) is 11.1 Å². The lowest BCUT2D eigenvalue weighted by Crippen LogP contribution is -2.46. The molecule has 32 heavy (non-hydrogen) atoms. The number of rotatable bonds is 3. The van der Waals surface area contributed by atoms with Gasteiger partial charge in [-0.25, -0.2) is 9.36 Å². The summed E-state index contributed by atoms with van der Waals surface area (Å²) < 4.78 is 2.71. The van der Waals surface area contributed by atoms with Gasteiger partial charge in [0.2, 0.25) is 5.91 Å². The molecule has 0 bridgehead atoms. The van der Waals surface area contributed by atoms with Crippen molar-refractivity contribution in [1.29, 1.82) is 0 Å². The molecule has 0 spiro atoms. The lowest BCUT2D eigenvalue weighted by molar-refractivity contribution is -0.134. The first kappa shape index (κ1) is 21.5. The third-order valence-corrected chi connectivity index (χ3v) is 8.15. The quantitative estimate of drug-likeness (QED) is 0.582. The highest BCUT2D eigenvalue weighted by Gasteiger charge is 2.29. The highest BCUT2D eigenvalue weighted by atomic mass is 35.5. The van der Waals surface area contributed by atoms with Crippen molar-refractivity contribution in [2.45, 2.75) is 46.1 Å². The highest BCUT2D eigenvalue weighted by molar-refractivity contribution is 7.19. The van der Waals surface area contributed by atoms with E-state index in [-0.39, 0.29) is 18.0 Å². The molecule has 0 radical (unpaired) electrons. The van der Waals surface area contributed by atoms with Gasteiger partial charge in [0.1, 0.15) is 11.4 Å². The van der Waals surface area contributed by atoms with E-state index in [1.807, 2.05) is 4.90 Å². The molecule has 1 amide bonds. The van der Waals surface area contributed by atoms with Crippen molar-refractivity contribution < 1.29 is 4.79 Å². The summed E-state index contributed by atoms with van der Waals surface area (Å²) in [4.78, 5) is 44.0. The fourth-order valence-electron chi connectivity index (χ4n) is 5.27. The van der Waals surface area contributed by atoms with Crippen molar-refractivity contribution in [1.82, 2.24) is 14.0 Å². The minimum absolute atomic E-state index is 0.0535. The zero-order valence-electron chi connectivity index (χ0n) is 18.3. The molecule has 3 aromatic rings. The van der Waals surface area contributed by atoms with Crippen LogP contribution in [0.25, 0.3) is 15.9 Å². The molecular formula is C24H26ClN3O3S. The summed E-state index contributed by atoms with van der Waals surface area (Å²) in [6, 6.07) is 6.67. The van der Waals surface area contributed by atoms with Crippen LogP contribution < -0.4 is 11.2 Å². The lowest BCUT2D eigenvalue weighted by Gasteiger charge is -2.35. The zero-order chi connectivity index (χ0) is 22.6. The second-order valence-electron chi connectivity index (χ2n) is 9.27. The number of benzene rings is 1. The van der Waals surface area contributed by atoms with Crippen molar-refractivity contribution in [3.63, 3.8) is 0 Å². The van der Waals surface area contributed by atoms with Crippen LogP contribution in [0.5, 0.6) is 0 Å². The third-order valence-electron chi connectivity index (χ3n) is 6.59. The molecule has 0 N–H and O–H groups in total. The van der Waals surface area contributed by atoms with Gasteiger partial charge in [-0.1, -0.05) is 25.4 Å². The maximum absolute atomic E-state index is 13.6. The van der Waals surface area contributed by atoms with Gasteiger partial charge in [0.15, 0.2) is 0 Å². The highest BCUT2D eigenvalue weighted by Crippen LogP contribution is 2.35. The van der Waals surface area contributed by atoms with Crippen LogP contribution in [-0.2, 0) is 24.2 Å². The summed E-state index contributed by atoms with van der Waals surface area (Å²) in [7, 11) is 0. The van der Waals surface area contributed by atoms with Crippen molar-refractivity contribution in [2.75, 3.05) is 13.1 Å². The van der Waals surface area contributed by atoms with Crippen LogP contribution in [-0.4, -0.2) is 33.0 Å². The number of aryl methyl sites for hydroxylation is 2. The van der Waals surface area contributed by atoms with Gasteiger partial charge in [0, 0.05) is 23.0 Å². The average molecular weight is 472 g/mol. The van der Waals surface area contributed by atoms with Gasteiger partial charge >= 0.3 is 5.69 Å².